The standard InChI is InChI=1S/C15H19ClN2O3/c1-15(21,11-6-7-11)9-18-14(20)13(19)17-8-10-4-2-3-5-12(10)16/h2-5,11,21H,6-9H2,1H3,(H,17,19)(H,18,20). The van der Waals surface area contributed by atoms with E-state index in [0.717, 1.165) is 18.4 Å². The minimum absolute atomic E-state index is 0.0794. The minimum Gasteiger partial charge on any atom is -0.388 e. The molecule has 1 fully saturated rings. The molecule has 3 N–H and O–H groups in total. The van der Waals surface area contributed by atoms with Crippen LogP contribution in [0.2, 0.25) is 5.02 Å². The second-order valence-electron chi connectivity index (χ2n) is 5.59. The highest BCUT2D eigenvalue weighted by atomic mass is 35.5. The molecule has 0 aliphatic heterocycles. The first-order chi connectivity index (χ1) is 9.90. The molecule has 0 spiro atoms. The first-order valence-electron chi connectivity index (χ1n) is 6.92. The van der Waals surface area contributed by atoms with Gasteiger partial charge in [-0.05, 0) is 37.3 Å². The molecule has 1 aliphatic carbocycles. The number of hydrogen-bond donors (Lipinski definition) is 3. The molecule has 5 nitrogen and oxygen atoms in total. The summed E-state index contributed by atoms with van der Waals surface area (Å²) < 4.78 is 0. The van der Waals surface area contributed by atoms with E-state index < -0.39 is 17.4 Å². The number of carbonyl (C=O) groups is 2. The van der Waals surface area contributed by atoms with Crippen LogP contribution in [-0.2, 0) is 16.1 Å². The predicted octanol–water partition coefficient (Wildman–Crippen LogP) is 1.23. The lowest BCUT2D eigenvalue weighted by Gasteiger charge is -2.22. The summed E-state index contributed by atoms with van der Waals surface area (Å²) >= 11 is 5.97. The van der Waals surface area contributed by atoms with Crippen LogP contribution in [0.1, 0.15) is 25.3 Å². The van der Waals surface area contributed by atoms with Gasteiger partial charge in [-0.1, -0.05) is 29.8 Å². The fraction of sp³-hybridized carbons (Fsp3) is 0.467. The van der Waals surface area contributed by atoms with Crippen LogP contribution in [0.15, 0.2) is 24.3 Å². The number of rotatable bonds is 5. The Balaban J connectivity index is 1.77. The maximum absolute atomic E-state index is 11.7. The van der Waals surface area contributed by atoms with Crippen LogP contribution in [0.3, 0.4) is 0 Å². The van der Waals surface area contributed by atoms with Crippen molar-refractivity contribution in [2.45, 2.75) is 31.9 Å². The SMILES string of the molecule is CC(O)(CNC(=O)C(=O)NCc1ccccc1Cl)C1CC1. The van der Waals surface area contributed by atoms with Gasteiger partial charge in [0.2, 0.25) is 0 Å². The second kappa shape index (κ2) is 6.45. The van der Waals surface area contributed by atoms with Gasteiger partial charge in [-0.3, -0.25) is 9.59 Å². The molecule has 2 rings (SSSR count). The van der Waals surface area contributed by atoms with Gasteiger partial charge in [-0.15, -0.1) is 0 Å². The third-order valence-corrected chi connectivity index (χ3v) is 4.04. The van der Waals surface area contributed by atoms with Gasteiger partial charge in [-0.2, -0.15) is 0 Å². The molecule has 2 amide bonds. The van der Waals surface area contributed by atoms with E-state index in [0.29, 0.717) is 5.02 Å². The summed E-state index contributed by atoms with van der Waals surface area (Å²) in [6.07, 6.45) is 1.92. The zero-order valence-electron chi connectivity index (χ0n) is 11.9. The molecule has 6 heteroatoms. The van der Waals surface area contributed by atoms with Crippen molar-refractivity contribution in [1.82, 2.24) is 10.6 Å². The average molecular weight is 311 g/mol. The van der Waals surface area contributed by atoms with E-state index in [9.17, 15) is 14.7 Å². The van der Waals surface area contributed by atoms with Crippen molar-refractivity contribution in [3.63, 3.8) is 0 Å². The van der Waals surface area contributed by atoms with Crippen molar-refractivity contribution in [1.29, 1.82) is 0 Å². The lowest BCUT2D eigenvalue weighted by atomic mass is 10.0. The number of amides is 2. The Bertz CT molecular complexity index is 541. The Morgan fingerprint density at radius 3 is 2.52 bits per heavy atom. The molecule has 114 valence electrons. The fourth-order valence-electron chi connectivity index (χ4n) is 2.09. The maximum atomic E-state index is 11.7. The molecule has 0 bridgehead atoms. The number of aliphatic hydroxyl groups is 1. The number of benzene rings is 1. The topological polar surface area (TPSA) is 78.4 Å². The quantitative estimate of drug-likeness (QED) is 0.716. The Labute approximate surface area is 128 Å². The van der Waals surface area contributed by atoms with Gasteiger partial charge in [0.15, 0.2) is 0 Å². The van der Waals surface area contributed by atoms with Crippen molar-refractivity contribution in [3.8, 4) is 0 Å². The molecule has 1 saturated carbocycles. The van der Waals surface area contributed by atoms with Crippen molar-refractivity contribution in [2.75, 3.05) is 6.54 Å². The zero-order valence-corrected chi connectivity index (χ0v) is 12.6. The Morgan fingerprint density at radius 2 is 1.90 bits per heavy atom. The maximum Gasteiger partial charge on any atom is 0.309 e. The molecule has 1 atom stereocenters. The highest BCUT2D eigenvalue weighted by Gasteiger charge is 2.40. The van der Waals surface area contributed by atoms with Gasteiger partial charge in [0.1, 0.15) is 0 Å². The first kappa shape index (κ1) is 15.8. The Morgan fingerprint density at radius 1 is 1.29 bits per heavy atom. The first-order valence-corrected chi connectivity index (χ1v) is 7.30. The molecule has 0 aromatic heterocycles. The Hall–Kier alpha value is -1.59. The van der Waals surface area contributed by atoms with E-state index in [1.807, 2.05) is 0 Å². The summed E-state index contributed by atoms with van der Waals surface area (Å²) in [5, 5.41) is 15.6. The zero-order chi connectivity index (χ0) is 15.5. The second-order valence-corrected chi connectivity index (χ2v) is 6.00. The van der Waals surface area contributed by atoms with E-state index in [2.05, 4.69) is 10.6 Å². The van der Waals surface area contributed by atoms with E-state index in [4.69, 9.17) is 11.6 Å². The third-order valence-electron chi connectivity index (χ3n) is 3.67. The summed E-state index contributed by atoms with van der Waals surface area (Å²) in [6.45, 7) is 1.94. The van der Waals surface area contributed by atoms with E-state index >= 15 is 0 Å². The molecule has 21 heavy (non-hydrogen) atoms. The smallest absolute Gasteiger partial charge is 0.309 e. The van der Waals surface area contributed by atoms with Crippen LogP contribution >= 0.6 is 11.6 Å². The van der Waals surface area contributed by atoms with Crippen molar-refractivity contribution >= 4 is 23.4 Å². The normalized spacial score (nSPS) is 16.9. The van der Waals surface area contributed by atoms with Gasteiger partial charge in [0.05, 0.1) is 5.60 Å². The largest absolute Gasteiger partial charge is 0.388 e. The molecular formula is C15H19ClN2O3. The number of carbonyl (C=O) groups excluding carboxylic acids is 2. The van der Waals surface area contributed by atoms with Crippen LogP contribution in [0.25, 0.3) is 0 Å². The summed E-state index contributed by atoms with van der Waals surface area (Å²) in [4.78, 5) is 23.4. The van der Waals surface area contributed by atoms with Crippen molar-refractivity contribution in [2.24, 2.45) is 5.92 Å². The van der Waals surface area contributed by atoms with Gasteiger partial charge < -0.3 is 15.7 Å². The molecule has 1 unspecified atom stereocenters. The van der Waals surface area contributed by atoms with Crippen molar-refractivity contribution in [3.05, 3.63) is 34.9 Å². The summed E-state index contributed by atoms with van der Waals surface area (Å²) in [6, 6.07) is 7.09. The number of nitrogens with one attached hydrogen (secondary N) is 2. The summed E-state index contributed by atoms with van der Waals surface area (Å²) in [5.41, 5.74) is -0.205. The number of hydrogen-bond acceptors (Lipinski definition) is 3. The molecule has 1 aromatic carbocycles. The third kappa shape index (κ3) is 4.44. The highest BCUT2D eigenvalue weighted by Crippen LogP contribution is 2.38. The van der Waals surface area contributed by atoms with Gasteiger partial charge >= 0.3 is 11.8 Å². The molecular weight excluding hydrogens is 292 g/mol. The lowest BCUT2D eigenvalue weighted by molar-refractivity contribution is -0.140. The lowest BCUT2D eigenvalue weighted by Crippen LogP contribution is -2.47. The van der Waals surface area contributed by atoms with E-state index in [1.165, 1.54) is 0 Å². The van der Waals surface area contributed by atoms with E-state index in [-0.39, 0.29) is 19.0 Å². The Kier molecular flexibility index (Phi) is 4.85. The molecule has 1 aromatic rings. The molecule has 0 radical (unpaired) electrons. The predicted molar refractivity (Wildman–Crippen MR) is 79.7 cm³/mol. The summed E-state index contributed by atoms with van der Waals surface area (Å²) in [5.74, 6) is -1.27. The van der Waals surface area contributed by atoms with Crippen LogP contribution in [0.4, 0.5) is 0 Å². The number of halogens is 1. The molecule has 1 aliphatic rings. The van der Waals surface area contributed by atoms with Crippen LogP contribution in [0.5, 0.6) is 0 Å². The minimum atomic E-state index is -0.946. The molecule has 0 heterocycles. The monoisotopic (exact) mass is 310 g/mol. The van der Waals surface area contributed by atoms with Gasteiger partial charge in [0, 0.05) is 18.1 Å². The van der Waals surface area contributed by atoms with Crippen LogP contribution in [0, 0.1) is 5.92 Å². The van der Waals surface area contributed by atoms with Gasteiger partial charge in [-0.25, -0.2) is 0 Å². The van der Waals surface area contributed by atoms with Crippen LogP contribution < -0.4 is 10.6 Å². The average Bonchev–Trinajstić information content (AvgIpc) is 3.28. The van der Waals surface area contributed by atoms with Crippen LogP contribution in [-0.4, -0.2) is 29.1 Å². The molecule has 0 saturated heterocycles. The van der Waals surface area contributed by atoms with Gasteiger partial charge in [0.25, 0.3) is 0 Å². The van der Waals surface area contributed by atoms with Crippen molar-refractivity contribution < 1.29 is 14.7 Å². The fourth-order valence-corrected chi connectivity index (χ4v) is 2.29. The van der Waals surface area contributed by atoms with E-state index in [1.54, 1.807) is 31.2 Å². The highest BCUT2D eigenvalue weighted by molar-refractivity contribution is 6.35. The summed E-state index contributed by atoms with van der Waals surface area (Å²) in [7, 11) is 0.